The number of hydrogen-bond acceptors (Lipinski definition) is 3. The second-order valence-corrected chi connectivity index (χ2v) is 4.98. The first-order valence-corrected chi connectivity index (χ1v) is 6.40. The van der Waals surface area contributed by atoms with E-state index >= 15 is 0 Å². The van der Waals surface area contributed by atoms with Crippen molar-refractivity contribution >= 4 is 27.3 Å². The van der Waals surface area contributed by atoms with E-state index in [4.69, 9.17) is 5.73 Å². The van der Waals surface area contributed by atoms with Gasteiger partial charge in [0.2, 0.25) is 0 Å². The number of hydrogen-bond donors (Lipinski definition) is 1. The average Bonchev–Trinajstić information content (AvgIpc) is 2.84. The van der Waals surface area contributed by atoms with Crippen LogP contribution in [-0.2, 0) is 6.54 Å². The molecule has 0 saturated carbocycles. The van der Waals surface area contributed by atoms with Crippen molar-refractivity contribution in [2.45, 2.75) is 19.5 Å². The lowest BCUT2D eigenvalue weighted by atomic mass is 10.2. The summed E-state index contributed by atoms with van der Waals surface area (Å²) in [5.74, 6) is 0.917. The molecule has 0 aliphatic heterocycles. The molecule has 0 aliphatic carbocycles. The number of thiophene rings is 1. The maximum Gasteiger partial charge on any atom is 0.131 e. The second kappa shape index (κ2) is 4.47. The van der Waals surface area contributed by atoms with Crippen molar-refractivity contribution < 1.29 is 0 Å². The number of rotatable bonds is 3. The number of nitrogens with two attached hydrogens (primary N) is 1. The zero-order chi connectivity index (χ0) is 10.8. The van der Waals surface area contributed by atoms with E-state index in [-0.39, 0.29) is 6.04 Å². The van der Waals surface area contributed by atoms with Gasteiger partial charge in [-0.1, -0.05) is 0 Å². The number of imidazole rings is 1. The standard InChI is InChI=1S/C10H12BrN3S/c1-2-14-5-4-13-10(14)8(12)9-7(11)3-6-15-9/h3-6,8H,2,12H2,1H3. The van der Waals surface area contributed by atoms with Crippen LogP contribution in [0.1, 0.15) is 23.7 Å². The fourth-order valence-corrected chi connectivity index (χ4v) is 3.13. The number of nitrogens with zero attached hydrogens (tertiary/aromatic N) is 2. The summed E-state index contributed by atoms with van der Waals surface area (Å²) in [6.45, 7) is 2.98. The van der Waals surface area contributed by atoms with Crippen molar-refractivity contribution in [2.24, 2.45) is 5.73 Å². The van der Waals surface area contributed by atoms with Crippen molar-refractivity contribution in [3.63, 3.8) is 0 Å². The third kappa shape index (κ3) is 2.00. The number of aryl methyl sites for hydroxylation is 1. The summed E-state index contributed by atoms with van der Waals surface area (Å²) in [5.41, 5.74) is 6.18. The van der Waals surface area contributed by atoms with Crippen molar-refractivity contribution in [1.82, 2.24) is 9.55 Å². The molecule has 5 heteroatoms. The van der Waals surface area contributed by atoms with Crippen LogP contribution < -0.4 is 5.73 Å². The van der Waals surface area contributed by atoms with Crippen LogP contribution in [0.2, 0.25) is 0 Å². The van der Waals surface area contributed by atoms with Gasteiger partial charge < -0.3 is 10.3 Å². The van der Waals surface area contributed by atoms with Gasteiger partial charge in [-0.05, 0) is 34.3 Å². The van der Waals surface area contributed by atoms with E-state index in [1.165, 1.54) is 0 Å². The molecule has 0 saturated heterocycles. The first kappa shape index (κ1) is 10.9. The van der Waals surface area contributed by atoms with Gasteiger partial charge >= 0.3 is 0 Å². The molecule has 0 aliphatic rings. The highest BCUT2D eigenvalue weighted by Crippen LogP contribution is 2.30. The monoisotopic (exact) mass is 285 g/mol. The van der Waals surface area contributed by atoms with E-state index in [0.29, 0.717) is 0 Å². The molecule has 80 valence electrons. The molecule has 2 aromatic heterocycles. The highest BCUT2D eigenvalue weighted by atomic mass is 79.9. The summed E-state index contributed by atoms with van der Waals surface area (Å²) < 4.78 is 3.13. The molecule has 2 N–H and O–H groups in total. The fraction of sp³-hybridized carbons (Fsp3) is 0.300. The lowest BCUT2D eigenvalue weighted by Gasteiger charge is -2.11. The summed E-state index contributed by atoms with van der Waals surface area (Å²) in [6, 6.07) is 1.87. The second-order valence-electron chi connectivity index (χ2n) is 3.18. The first-order chi connectivity index (χ1) is 7.24. The molecule has 15 heavy (non-hydrogen) atoms. The third-order valence-electron chi connectivity index (χ3n) is 2.29. The summed E-state index contributed by atoms with van der Waals surface area (Å²) in [6.07, 6.45) is 3.75. The largest absolute Gasteiger partial charge is 0.334 e. The van der Waals surface area contributed by atoms with Gasteiger partial charge in [-0.3, -0.25) is 0 Å². The minimum absolute atomic E-state index is 0.144. The SMILES string of the molecule is CCn1ccnc1C(N)c1sccc1Br. The molecule has 0 bridgehead atoms. The van der Waals surface area contributed by atoms with Gasteiger partial charge in [0.15, 0.2) is 0 Å². The Morgan fingerprint density at radius 1 is 1.67 bits per heavy atom. The molecule has 0 spiro atoms. The average molecular weight is 286 g/mol. The normalized spacial score (nSPS) is 13.0. The quantitative estimate of drug-likeness (QED) is 0.943. The van der Waals surface area contributed by atoms with Gasteiger partial charge in [0.1, 0.15) is 5.82 Å². The number of halogens is 1. The highest BCUT2D eigenvalue weighted by molar-refractivity contribution is 9.10. The molecule has 0 amide bonds. The predicted molar refractivity (Wildman–Crippen MR) is 66.0 cm³/mol. The maximum atomic E-state index is 6.18. The Morgan fingerprint density at radius 2 is 2.47 bits per heavy atom. The molecule has 3 nitrogen and oxygen atoms in total. The van der Waals surface area contributed by atoms with Crippen molar-refractivity contribution in [1.29, 1.82) is 0 Å². The topological polar surface area (TPSA) is 43.8 Å². The minimum Gasteiger partial charge on any atom is -0.334 e. The molecular weight excluding hydrogens is 274 g/mol. The molecule has 2 aromatic rings. The van der Waals surface area contributed by atoms with E-state index in [1.807, 2.05) is 17.6 Å². The Labute approximate surface area is 101 Å². The van der Waals surface area contributed by atoms with Crippen LogP contribution in [0.3, 0.4) is 0 Å². The molecule has 0 fully saturated rings. The molecule has 1 unspecified atom stereocenters. The zero-order valence-corrected chi connectivity index (χ0v) is 10.8. The van der Waals surface area contributed by atoms with Gasteiger partial charge in [-0.2, -0.15) is 0 Å². The molecule has 2 heterocycles. The van der Waals surface area contributed by atoms with Crippen LogP contribution >= 0.6 is 27.3 Å². The summed E-state index contributed by atoms with van der Waals surface area (Å²) >= 11 is 5.14. The Morgan fingerprint density at radius 3 is 3.07 bits per heavy atom. The first-order valence-electron chi connectivity index (χ1n) is 4.73. The molecule has 0 aromatic carbocycles. The Kier molecular flexibility index (Phi) is 3.23. The highest BCUT2D eigenvalue weighted by Gasteiger charge is 2.17. The lowest BCUT2D eigenvalue weighted by Crippen LogP contribution is -2.16. The van der Waals surface area contributed by atoms with Crippen LogP contribution in [0, 0.1) is 0 Å². The van der Waals surface area contributed by atoms with Crippen LogP contribution in [-0.4, -0.2) is 9.55 Å². The summed E-state index contributed by atoms with van der Waals surface area (Å²) in [5, 5.41) is 2.03. The molecule has 1 atom stereocenters. The van der Waals surface area contributed by atoms with Crippen LogP contribution in [0.15, 0.2) is 28.3 Å². The van der Waals surface area contributed by atoms with E-state index < -0.39 is 0 Å². The van der Waals surface area contributed by atoms with E-state index in [2.05, 4.69) is 32.4 Å². The van der Waals surface area contributed by atoms with Crippen LogP contribution in [0.5, 0.6) is 0 Å². The minimum atomic E-state index is -0.144. The van der Waals surface area contributed by atoms with E-state index in [0.717, 1.165) is 21.7 Å². The fourth-order valence-electron chi connectivity index (χ4n) is 1.51. The van der Waals surface area contributed by atoms with Gasteiger partial charge in [-0.25, -0.2) is 4.98 Å². The molecule has 2 rings (SSSR count). The predicted octanol–water partition coefficient (Wildman–Crippen LogP) is 2.78. The summed E-state index contributed by atoms with van der Waals surface area (Å²) in [4.78, 5) is 5.43. The van der Waals surface area contributed by atoms with E-state index in [9.17, 15) is 0 Å². The van der Waals surface area contributed by atoms with Gasteiger partial charge in [-0.15, -0.1) is 11.3 Å². The lowest BCUT2D eigenvalue weighted by molar-refractivity contribution is 0.661. The van der Waals surface area contributed by atoms with Crippen LogP contribution in [0.4, 0.5) is 0 Å². The molecular formula is C10H12BrN3S. The Hall–Kier alpha value is -0.650. The number of aromatic nitrogens is 2. The van der Waals surface area contributed by atoms with Gasteiger partial charge in [0, 0.05) is 28.3 Å². The van der Waals surface area contributed by atoms with Gasteiger partial charge in [0.05, 0.1) is 6.04 Å². The van der Waals surface area contributed by atoms with Crippen molar-refractivity contribution in [3.05, 3.63) is 39.0 Å². The zero-order valence-electron chi connectivity index (χ0n) is 8.35. The summed E-state index contributed by atoms with van der Waals surface area (Å²) in [7, 11) is 0. The third-order valence-corrected chi connectivity index (χ3v) is 4.25. The molecule has 0 radical (unpaired) electrons. The maximum absolute atomic E-state index is 6.18. The van der Waals surface area contributed by atoms with Crippen molar-refractivity contribution in [2.75, 3.05) is 0 Å². The van der Waals surface area contributed by atoms with Crippen molar-refractivity contribution in [3.8, 4) is 0 Å². The Bertz CT molecular complexity index is 449. The van der Waals surface area contributed by atoms with E-state index in [1.54, 1.807) is 17.5 Å². The Balaban J connectivity index is 2.36. The van der Waals surface area contributed by atoms with Gasteiger partial charge in [0.25, 0.3) is 0 Å². The smallest absolute Gasteiger partial charge is 0.131 e. The van der Waals surface area contributed by atoms with Crippen LogP contribution in [0.25, 0.3) is 0 Å².